The van der Waals surface area contributed by atoms with E-state index < -0.39 is 0 Å². The van der Waals surface area contributed by atoms with Crippen LogP contribution in [0.15, 0.2) is 35.3 Å². The Hall–Kier alpha value is -0.940. The first-order valence-electron chi connectivity index (χ1n) is 11.4. The Morgan fingerprint density at radius 3 is 2.65 bits per heavy atom. The highest BCUT2D eigenvalue weighted by Crippen LogP contribution is 2.24. The molecule has 0 radical (unpaired) electrons. The number of morpholine rings is 2. The van der Waals surface area contributed by atoms with Crippen LogP contribution in [-0.4, -0.2) is 105 Å². The van der Waals surface area contributed by atoms with E-state index in [0.29, 0.717) is 12.0 Å². The summed E-state index contributed by atoms with van der Waals surface area (Å²) in [6.07, 6.45) is 0.256. The molecule has 8 heteroatoms. The van der Waals surface area contributed by atoms with Gasteiger partial charge in [-0.05, 0) is 11.5 Å². The molecule has 3 saturated heterocycles. The molecule has 7 nitrogen and oxygen atoms in total. The van der Waals surface area contributed by atoms with Gasteiger partial charge in [0.25, 0.3) is 0 Å². The van der Waals surface area contributed by atoms with Gasteiger partial charge in [-0.15, -0.1) is 24.0 Å². The third-order valence-corrected chi connectivity index (χ3v) is 6.44. The minimum absolute atomic E-state index is 0. The van der Waals surface area contributed by atoms with Crippen molar-refractivity contribution in [2.45, 2.75) is 25.6 Å². The van der Waals surface area contributed by atoms with Gasteiger partial charge in [-0.3, -0.25) is 14.8 Å². The van der Waals surface area contributed by atoms with Crippen LogP contribution in [0, 0.1) is 5.92 Å². The zero-order valence-electron chi connectivity index (χ0n) is 18.9. The average molecular weight is 543 g/mol. The third kappa shape index (κ3) is 6.77. The van der Waals surface area contributed by atoms with E-state index in [0.717, 1.165) is 78.1 Å². The summed E-state index contributed by atoms with van der Waals surface area (Å²) >= 11 is 0. The van der Waals surface area contributed by atoms with Crippen LogP contribution in [-0.2, 0) is 16.0 Å². The van der Waals surface area contributed by atoms with Crippen LogP contribution in [0.5, 0.6) is 0 Å². The van der Waals surface area contributed by atoms with E-state index in [1.807, 2.05) is 7.05 Å². The SMILES string of the molecule is CN=C(NCC(C)CN1CCOCC1)N1CC2OCCN(Cc3ccccc3)C2C1.I. The van der Waals surface area contributed by atoms with Gasteiger partial charge >= 0.3 is 0 Å². The molecule has 3 fully saturated rings. The highest BCUT2D eigenvalue weighted by atomic mass is 127. The van der Waals surface area contributed by atoms with Crippen molar-refractivity contribution in [1.82, 2.24) is 20.0 Å². The number of benzene rings is 1. The van der Waals surface area contributed by atoms with Crippen molar-refractivity contribution in [1.29, 1.82) is 0 Å². The average Bonchev–Trinajstić information content (AvgIpc) is 3.21. The number of hydrogen-bond acceptors (Lipinski definition) is 5. The maximum Gasteiger partial charge on any atom is 0.193 e. The van der Waals surface area contributed by atoms with Gasteiger partial charge in [-0.25, -0.2) is 0 Å². The van der Waals surface area contributed by atoms with Gasteiger partial charge in [-0.2, -0.15) is 0 Å². The Morgan fingerprint density at radius 2 is 1.90 bits per heavy atom. The van der Waals surface area contributed by atoms with Crippen LogP contribution >= 0.6 is 24.0 Å². The first-order chi connectivity index (χ1) is 14.7. The normalized spacial score (nSPS) is 26.3. The quantitative estimate of drug-likeness (QED) is 0.335. The molecule has 0 aliphatic carbocycles. The summed E-state index contributed by atoms with van der Waals surface area (Å²) < 4.78 is 11.6. The molecule has 3 atom stereocenters. The lowest BCUT2D eigenvalue weighted by Crippen LogP contribution is -2.50. The standard InChI is InChI=1S/C23H37N5O2.HI/c1-19(15-26-8-11-29-12-9-26)14-25-23(24-2)28-17-21-22(18-28)30-13-10-27(21)16-20-6-4-3-5-7-20;/h3-7,19,21-22H,8-18H2,1-2H3,(H,24,25);1H. The van der Waals surface area contributed by atoms with Gasteiger partial charge in [0.15, 0.2) is 5.96 Å². The van der Waals surface area contributed by atoms with Crippen LogP contribution in [0.2, 0.25) is 0 Å². The maximum absolute atomic E-state index is 6.14. The van der Waals surface area contributed by atoms with E-state index in [1.54, 1.807) is 0 Å². The molecule has 174 valence electrons. The fourth-order valence-corrected chi connectivity index (χ4v) is 4.83. The van der Waals surface area contributed by atoms with Gasteiger partial charge < -0.3 is 19.7 Å². The lowest BCUT2D eigenvalue weighted by atomic mass is 10.1. The first-order valence-corrected chi connectivity index (χ1v) is 11.4. The second-order valence-electron chi connectivity index (χ2n) is 8.78. The molecule has 0 aromatic heterocycles. The van der Waals surface area contributed by atoms with Crippen molar-refractivity contribution in [2.75, 3.05) is 72.7 Å². The van der Waals surface area contributed by atoms with Crippen molar-refractivity contribution < 1.29 is 9.47 Å². The van der Waals surface area contributed by atoms with Crippen molar-refractivity contribution in [3.63, 3.8) is 0 Å². The number of guanidine groups is 1. The van der Waals surface area contributed by atoms with Crippen molar-refractivity contribution in [3.05, 3.63) is 35.9 Å². The number of aliphatic imine (C=N–C) groups is 1. The molecule has 0 spiro atoms. The van der Waals surface area contributed by atoms with Gasteiger partial charge in [-0.1, -0.05) is 37.3 Å². The number of hydrogen-bond donors (Lipinski definition) is 1. The summed E-state index contributed by atoms with van der Waals surface area (Å²) in [6.45, 7) is 12.8. The largest absolute Gasteiger partial charge is 0.379 e. The molecule has 3 heterocycles. The van der Waals surface area contributed by atoms with E-state index in [9.17, 15) is 0 Å². The summed E-state index contributed by atoms with van der Waals surface area (Å²) in [7, 11) is 1.89. The molecule has 31 heavy (non-hydrogen) atoms. The second-order valence-corrected chi connectivity index (χ2v) is 8.78. The zero-order chi connectivity index (χ0) is 20.8. The fraction of sp³-hybridized carbons (Fsp3) is 0.696. The van der Waals surface area contributed by atoms with Crippen LogP contribution < -0.4 is 5.32 Å². The molecule has 1 aromatic carbocycles. The van der Waals surface area contributed by atoms with E-state index in [2.05, 4.69) is 62.3 Å². The number of ether oxygens (including phenoxy) is 2. The minimum atomic E-state index is 0. The molecule has 0 amide bonds. The smallest absolute Gasteiger partial charge is 0.193 e. The van der Waals surface area contributed by atoms with E-state index in [1.165, 1.54) is 5.56 Å². The van der Waals surface area contributed by atoms with E-state index >= 15 is 0 Å². The molecule has 4 rings (SSSR count). The highest BCUT2D eigenvalue weighted by Gasteiger charge is 2.41. The Kier molecular flexibility index (Phi) is 9.83. The molecule has 3 aliphatic rings. The first kappa shape index (κ1) is 24.7. The fourth-order valence-electron chi connectivity index (χ4n) is 4.83. The molecule has 0 bridgehead atoms. The van der Waals surface area contributed by atoms with Gasteiger partial charge in [0.2, 0.25) is 0 Å². The topological polar surface area (TPSA) is 52.6 Å². The van der Waals surface area contributed by atoms with Crippen LogP contribution in [0.4, 0.5) is 0 Å². The van der Waals surface area contributed by atoms with Gasteiger partial charge in [0, 0.05) is 59.4 Å². The molecule has 3 unspecified atom stereocenters. The van der Waals surface area contributed by atoms with E-state index in [-0.39, 0.29) is 30.1 Å². The molecule has 0 saturated carbocycles. The summed E-state index contributed by atoms with van der Waals surface area (Å²) in [4.78, 5) is 12.0. The number of rotatable bonds is 6. The van der Waals surface area contributed by atoms with Crippen molar-refractivity contribution in [3.8, 4) is 0 Å². The maximum atomic E-state index is 6.14. The predicted octanol–water partition coefficient (Wildman–Crippen LogP) is 1.73. The molecule has 1 N–H and O–H groups in total. The molecule has 1 aromatic rings. The second kappa shape index (κ2) is 12.3. The molecular formula is C23H38IN5O2. The molecular weight excluding hydrogens is 505 g/mol. The summed E-state index contributed by atoms with van der Waals surface area (Å²) in [5, 5.41) is 3.62. The Balaban J connectivity index is 0.00000272. The third-order valence-electron chi connectivity index (χ3n) is 6.44. The predicted molar refractivity (Wildman–Crippen MR) is 135 cm³/mol. The Labute approximate surface area is 204 Å². The number of nitrogens with zero attached hydrogens (tertiary/aromatic N) is 4. The van der Waals surface area contributed by atoms with Crippen LogP contribution in [0.3, 0.4) is 0 Å². The minimum Gasteiger partial charge on any atom is -0.379 e. The van der Waals surface area contributed by atoms with Crippen LogP contribution in [0.1, 0.15) is 12.5 Å². The Bertz CT molecular complexity index is 686. The van der Waals surface area contributed by atoms with Gasteiger partial charge in [0.05, 0.1) is 32.0 Å². The number of likely N-dealkylation sites (tertiary alicyclic amines) is 1. The van der Waals surface area contributed by atoms with E-state index in [4.69, 9.17) is 9.47 Å². The summed E-state index contributed by atoms with van der Waals surface area (Å²) in [5.41, 5.74) is 1.37. The number of nitrogens with one attached hydrogen (secondary N) is 1. The molecule has 3 aliphatic heterocycles. The summed E-state index contributed by atoms with van der Waals surface area (Å²) in [6, 6.07) is 11.2. The number of fused-ring (bicyclic) bond motifs is 1. The monoisotopic (exact) mass is 543 g/mol. The van der Waals surface area contributed by atoms with Crippen molar-refractivity contribution in [2.24, 2.45) is 10.9 Å². The Morgan fingerprint density at radius 1 is 1.13 bits per heavy atom. The lowest BCUT2D eigenvalue weighted by Gasteiger charge is -2.36. The van der Waals surface area contributed by atoms with Gasteiger partial charge in [0.1, 0.15) is 0 Å². The van der Waals surface area contributed by atoms with Crippen LogP contribution in [0.25, 0.3) is 0 Å². The highest BCUT2D eigenvalue weighted by molar-refractivity contribution is 14.0. The lowest BCUT2D eigenvalue weighted by molar-refractivity contribution is -0.0502. The summed E-state index contributed by atoms with van der Waals surface area (Å²) in [5.74, 6) is 1.57. The number of halogens is 1. The van der Waals surface area contributed by atoms with Crippen molar-refractivity contribution >= 4 is 29.9 Å². The zero-order valence-corrected chi connectivity index (χ0v) is 21.2.